The number of aromatic hydroxyl groups is 2. The quantitative estimate of drug-likeness (QED) is 0.0427. The van der Waals surface area contributed by atoms with Gasteiger partial charge in [0, 0.05) is 10.8 Å². The second-order valence-corrected chi connectivity index (χ2v) is 18.1. The molecule has 0 atom stereocenters. The van der Waals surface area contributed by atoms with Crippen LogP contribution in [0.5, 0.6) is 11.5 Å². The standard InChI is InChI=1S/C34H28N6O14S4/c1-15-11-17(37-39-23-9-7-21-25(55(43,44)45)13-27(57(49,50)51)31(35)29(21)33(23)41)3-5-19(15)20-6-4-18(12-16(20)2)38-40-24-10-8-22-26(56(46,47)48)14-28(58(52,53)54)32(36)30(22)34(24)42/h3-14,41-42H,35-36H2,1-2H3,(H,43,44,45)(H,46,47,48)(H,49,50,51)(H,52,53,54). The molecule has 58 heavy (non-hydrogen) atoms. The molecule has 0 spiro atoms. The van der Waals surface area contributed by atoms with Gasteiger partial charge in [0.2, 0.25) is 0 Å². The molecule has 0 heterocycles. The summed E-state index contributed by atoms with van der Waals surface area (Å²) >= 11 is 0. The van der Waals surface area contributed by atoms with Gasteiger partial charge in [0.25, 0.3) is 40.5 Å². The first-order valence-corrected chi connectivity index (χ1v) is 21.7. The topological polar surface area (TPSA) is 359 Å². The Morgan fingerprint density at radius 3 is 1.07 bits per heavy atom. The smallest absolute Gasteiger partial charge is 0.296 e. The number of phenols is 2. The zero-order chi connectivity index (χ0) is 42.9. The van der Waals surface area contributed by atoms with Crippen molar-refractivity contribution in [1.82, 2.24) is 0 Å². The highest BCUT2D eigenvalue weighted by atomic mass is 32.2. The molecular weight excluding hydrogens is 845 g/mol. The predicted molar refractivity (Wildman–Crippen MR) is 209 cm³/mol. The number of hydrogen-bond donors (Lipinski definition) is 8. The molecule has 6 aromatic carbocycles. The molecule has 302 valence electrons. The first-order valence-electron chi connectivity index (χ1n) is 15.9. The van der Waals surface area contributed by atoms with Gasteiger partial charge in [-0.15, -0.1) is 10.2 Å². The third-order valence-corrected chi connectivity index (χ3v) is 12.4. The summed E-state index contributed by atoms with van der Waals surface area (Å²) in [5.41, 5.74) is 13.4. The number of benzene rings is 6. The lowest BCUT2D eigenvalue weighted by atomic mass is 9.96. The number of rotatable bonds is 9. The minimum atomic E-state index is -5.10. The van der Waals surface area contributed by atoms with E-state index in [0.717, 1.165) is 35.4 Å². The normalized spacial score (nSPS) is 13.0. The Morgan fingerprint density at radius 1 is 0.448 bits per heavy atom. The third kappa shape index (κ3) is 7.77. The molecule has 0 amide bonds. The van der Waals surface area contributed by atoms with E-state index >= 15 is 0 Å². The molecule has 6 aromatic rings. The zero-order valence-electron chi connectivity index (χ0n) is 29.5. The van der Waals surface area contributed by atoms with E-state index < -0.39 is 93.7 Å². The van der Waals surface area contributed by atoms with Crippen LogP contribution in [0.4, 0.5) is 34.1 Å². The summed E-state index contributed by atoms with van der Waals surface area (Å²) in [7, 11) is -20.3. The van der Waals surface area contributed by atoms with E-state index in [2.05, 4.69) is 20.5 Å². The van der Waals surface area contributed by atoms with Gasteiger partial charge in [0.15, 0.2) is 11.5 Å². The van der Waals surface area contributed by atoms with Gasteiger partial charge >= 0.3 is 0 Å². The fraction of sp³-hybridized carbons (Fsp3) is 0.0588. The maximum absolute atomic E-state index is 12.0. The molecule has 0 aliphatic carbocycles. The van der Waals surface area contributed by atoms with E-state index in [0.29, 0.717) is 34.6 Å². The van der Waals surface area contributed by atoms with Crippen LogP contribution in [0, 0.1) is 13.8 Å². The van der Waals surface area contributed by atoms with E-state index in [1.54, 1.807) is 50.2 Å². The summed E-state index contributed by atoms with van der Waals surface area (Å²) in [4.78, 5) is -4.01. The van der Waals surface area contributed by atoms with Gasteiger partial charge in [-0.05, 0) is 84.6 Å². The Labute approximate surface area is 328 Å². The van der Waals surface area contributed by atoms with Gasteiger partial charge in [-0.2, -0.15) is 43.9 Å². The first-order chi connectivity index (χ1) is 26.8. The first kappa shape index (κ1) is 41.5. The van der Waals surface area contributed by atoms with Crippen LogP contribution in [-0.2, 0) is 40.5 Å². The second-order valence-electron chi connectivity index (χ2n) is 12.6. The van der Waals surface area contributed by atoms with Crippen LogP contribution in [0.3, 0.4) is 0 Å². The lowest BCUT2D eigenvalue weighted by molar-refractivity contribution is 0.476. The lowest BCUT2D eigenvalue weighted by Gasteiger charge is -2.13. The highest BCUT2D eigenvalue weighted by Gasteiger charge is 2.28. The molecule has 0 saturated heterocycles. The van der Waals surface area contributed by atoms with Crippen molar-refractivity contribution in [3.8, 4) is 22.6 Å². The number of aryl methyl sites for hydroxylation is 2. The van der Waals surface area contributed by atoms with Gasteiger partial charge in [-0.3, -0.25) is 18.2 Å². The van der Waals surface area contributed by atoms with Crippen LogP contribution in [0.15, 0.2) is 113 Å². The number of fused-ring (bicyclic) bond motifs is 2. The molecule has 0 bridgehead atoms. The van der Waals surface area contributed by atoms with Gasteiger partial charge in [0.1, 0.15) is 31.0 Å². The summed E-state index contributed by atoms with van der Waals surface area (Å²) in [6, 6.07) is 15.4. The van der Waals surface area contributed by atoms with Crippen molar-refractivity contribution >= 4 is 96.1 Å². The molecule has 0 fully saturated rings. The van der Waals surface area contributed by atoms with E-state index in [1.807, 2.05) is 0 Å². The van der Waals surface area contributed by atoms with Crippen LogP contribution in [0.25, 0.3) is 32.7 Å². The van der Waals surface area contributed by atoms with Crippen molar-refractivity contribution in [3.63, 3.8) is 0 Å². The van der Waals surface area contributed by atoms with Crippen LogP contribution >= 0.6 is 0 Å². The summed E-state index contributed by atoms with van der Waals surface area (Å²) in [5, 5.41) is 36.4. The number of azo groups is 2. The van der Waals surface area contributed by atoms with E-state index in [9.17, 15) is 62.1 Å². The Hall–Kier alpha value is -6.12. The maximum atomic E-state index is 12.0. The summed E-state index contributed by atoms with van der Waals surface area (Å²) in [5.74, 6) is -1.57. The van der Waals surface area contributed by atoms with Crippen LogP contribution in [0.1, 0.15) is 11.1 Å². The fourth-order valence-corrected chi connectivity index (χ4v) is 9.05. The molecule has 0 saturated carbocycles. The predicted octanol–water partition coefficient (Wildman–Crippen LogP) is 6.67. The van der Waals surface area contributed by atoms with Crippen molar-refractivity contribution in [2.24, 2.45) is 20.5 Å². The lowest BCUT2D eigenvalue weighted by Crippen LogP contribution is -2.08. The SMILES string of the molecule is Cc1cc(N=Nc2ccc3c(S(=O)(=O)O)cc(S(=O)(=O)O)c(N)c3c2O)ccc1-c1ccc(N=Nc2ccc3c(S(=O)(=O)O)cc(S(=O)(=O)O)c(N)c3c2O)cc1C. The average Bonchev–Trinajstić information content (AvgIpc) is 3.09. The van der Waals surface area contributed by atoms with Gasteiger partial charge in [-0.25, -0.2) is 0 Å². The van der Waals surface area contributed by atoms with Crippen molar-refractivity contribution in [1.29, 1.82) is 0 Å². The average molecular weight is 873 g/mol. The molecule has 0 aromatic heterocycles. The van der Waals surface area contributed by atoms with Crippen LogP contribution < -0.4 is 11.5 Å². The fourth-order valence-electron chi connectivity index (χ4n) is 6.17. The van der Waals surface area contributed by atoms with Crippen LogP contribution in [0.2, 0.25) is 0 Å². The van der Waals surface area contributed by atoms with Crippen molar-refractivity contribution < 1.29 is 62.1 Å². The molecule has 10 N–H and O–H groups in total. The minimum Gasteiger partial charge on any atom is -0.505 e. The molecule has 0 unspecified atom stereocenters. The van der Waals surface area contributed by atoms with Gasteiger partial charge in [0.05, 0.1) is 33.5 Å². The van der Waals surface area contributed by atoms with Crippen molar-refractivity contribution in [2.45, 2.75) is 33.4 Å². The summed E-state index contributed by atoms with van der Waals surface area (Å²) in [6.07, 6.45) is 0. The molecule has 0 aliphatic rings. The summed E-state index contributed by atoms with van der Waals surface area (Å²) < 4.78 is 134. The van der Waals surface area contributed by atoms with Gasteiger partial charge < -0.3 is 21.7 Å². The van der Waals surface area contributed by atoms with Crippen molar-refractivity contribution in [3.05, 3.63) is 83.9 Å². The number of nitrogens with zero attached hydrogens (tertiary/aromatic N) is 4. The molecule has 0 aliphatic heterocycles. The number of nitrogens with two attached hydrogens (primary N) is 2. The number of nitrogen functional groups attached to an aromatic ring is 2. The molecular formula is C34H28N6O14S4. The molecule has 24 heteroatoms. The largest absolute Gasteiger partial charge is 0.505 e. The van der Waals surface area contributed by atoms with E-state index in [-0.39, 0.29) is 22.1 Å². The van der Waals surface area contributed by atoms with E-state index in [1.165, 1.54) is 0 Å². The Morgan fingerprint density at radius 2 is 0.776 bits per heavy atom. The Bertz CT molecular complexity index is 3080. The maximum Gasteiger partial charge on any atom is 0.296 e. The van der Waals surface area contributed by atoms with Crippen molar-refractivity contribution in [2.75, 3.05) is 11.5 Å². The third-order valence-electron chi connectivity index (χ3n) is 8.81. The highest BCUT2D eigenvalue weighted by Crippen LogP contribution is 2.45. The highest BCUT2D eigenvalue weighted by molar-refractivity contribution is 7.87. The number of anilines is 2. The van der Waals surface area contributed by atoms with Gasteiger partial charge in [-0.1, -0.05) is 24.3 Å². The number of hydrogen-bond acceptors (Lipinski definition) is 16. The van der Waals surface area contributed by atoms with Crippen LogP contribution in [-0.4, -0.2) is 62.1 Å². The Balaban J connectivity index is 1.30. The zero-order valence-corrected chi connectivity index (χ0v) is 32.7. The minimum absolute atomic E-state index is 0.263. The molecule has 6 rings (SSSR count). The summed E-state index contributed by atoms with van der Waals surface area (Å²) in [6.45, 7) is 3.55. The Kier molecular flexibility index (Phi) is 10.3. The number of phenolic OH excluding ortho intramolecular Hbond substituents is 2. The molecule has 0 radical (unpaired) electrons. The van der Waals surface area contributed by atoms with E-state index in [4.69, 9.17) is 11.5 Å². The second kappa shape index (κ2) is 14.4. The molecule has 20 nitrogen and oxygen atoms in total. The monoisotopic (exact) mass is 872 g/mol.